The van der Waals surface area contributed by atoms with Crippen molar-refractivity contribution in [3.05, 3.63) is 119 Å². The summed E-state index contributed by atoms with van der Waals surface area (Å²) in [7, 11) is 0. The largest absolute Gasteiger partial charge is 0.508 e. The fourth-order valence-electron chi connectivity index (χ4n) is 6.58. The quantitative estimate of drug-likeness (QED) is 0.257. The van der Waals surface area contributed by atoms with Gasteiger partial charge in [-0.1, -0.05) is 55.0 Å². The first-order valence-electron chi connectivity index (χ1n) is 14.1. The second-order valence-electron chi connectivity index (χ2n) is 11.4. The maximum atomic E-state index is 13.5. The van der Waals surface area contributed by atoms with Crippen LogP contribution in [0.5, 0.6) is 5.75 Å². The predicted octanol–water partition coefficient (Wildman–Crippen LogP) is 6.95. The zero-order chi connectivity index (χ0) is 27.7. The summed E-state index contributed by atoms with van der Waals surface area (Å²) >= 11 is 0. The molecule has 1 amide bonds. The minimum Gasteiger partial charge on any atom is -0.508 e. The molecule has 2 aliphatic carbocycles. The number of aromatic nitrogens is 2. The van der Waals surface area contributed by atoms with Crippen molar-refractivity contribution in [3.63, 3.8) is 0 Å². The number of carbonyl (C=O) groups is 1. The van der Waals surface area contributed by atoms with Crippen molar-refractivity contribution in [2.24, 2.45) is 11.3 Å². The number of benzene rings is 3. The SMILES string of the molecule is CC12Cc3cnn(-c4ccc(F)cc4)c3C=C1CCC2CC(NC(=O)CCc1cccc(O)c1)c1ccccc1. The molecule has 5 nitrogen and oxygen atoms in total. The van der Waals surface area contributed by atoms with Crippen LogP contribution < -0.4 is 5.32 Å². The molecule has 1 fully saturated rings. The lowest BCUT2D eigenvalue weighted by Gasteiger charge is -2.37. The molecule has 0 saturated heterocycles. The van der Waals surface area contributed by atoms with Crippen LogP contribution in [0, 0.1) is 17.2 Å². The number of nitrogens with zero attached hydrogens (tertiary/aromatic N) is 2. The third kappa shape index (κ3) is 5.18. The van der Waals surface area contributed by atoms with Crippen LogP contribution in [-0.4, -0.2) is 20.8 Å². The van der Waals surface area contributed by atoms with E-state index in [0.29, 0.717) is 18.8 Å². The second-order valence-corrected chi connectivity index (χ2v) is 11.4. The van der Waals surface area contributed by atoms with E-state index >= 15 is 0 Å². The summed E-state index contributed by atoms with van der Waals surface area (Å²) in [4.78, 5) is 13.1. The van der Waals surface area contributed by atoms with Crippen LogP contribution in [-0.2, 0) is 17.6 Å². The molecule has 2 aliphatic rings. The summed E-state index contributed by atoms with van der Waals surface area (Å²) in [5, 5.41) is 17.8. The molecule has 0 radical (unpaired) electrons. The molecular weight excluding hydrogens is 501 g/mol. The number of amides is 1. The lowest BCUT2D eigenvalue weighted by atomic mass is 9.68. The highest BCUT2D eigenvalue weighted by atomic mass is 19.1. The maximum Gasteiger partial charge on any atom is 0.220 e. The first-order chi connectivity index (χ1) is 19.4. The van der Waals surface area contributed by atoms with E-state index in [1.807, 2.05) is 35.1 Å². The van der Waals surface area contributed by atoms with Crippen molar-refractivity contribution in [1.82, 2.24) is 15.1 Å². The maximum absolute atomic E-state index is 13.5. The standard InChI is InChI=1S/C34H34FN3O2/c1-34-21-25-22-36-38(29-15-13-28(35)14-16-29)32(25)20-27(34)12-11-26(34)19-31(24-7-3-2-4-8-24)37-33(40)17-10-23-6-5-9-30(39)18-23/h2-9,13-16,18,20,22,26,31,39H,10-12,17,19,21H2,1H3,(H,37,40). The Morgan fingerprint density at radius 1 is 1.12 bits per heavy atom. The van der Waals surface area contributed by atoms with Crippen LogP contribution in [0.1, 0.15) is 61.0 Å². The molecule has 4 aromatic rings. The third-order valence-electron chi connectivity index (χ3n) is 8.83. The van der Waals surface area contributed by atoms with Gasteiger partial charge in [-0.05, 0) is 103 Å². The molecular formula is C34H34FN3O2. The van der Waals surface area contributed by atoms with E-state index in [0.717, 1.165) is 48.2 Å². The molecule has 1 aromatic heterocycles. The lowest BCUT2D eigenvalue weighted by molar-refractivity contribution is -0.122. The third-order valence-corrected chi connectivity index (χ3v) is 8.83. The molecule has 0 aliphatic heterocycles. The Kier molecular flexibility index (Phi) is 7.01. The van der Waals surface area contributed by atoms with E-state index < -0.39 is 0 Å². The number of hydrogen-bond donors (Lipinski definition) is 2. The summed E-state index contributed by atoms with van der Waals surface area (Å²) in [5.74, 6) is 0.381. The van der Waals surface area contributed by atoms with Crippen molar-refractivity contribution in [1.29, 1.82) is 0 Å². The van der Waals surface area contributed by atoms with Crippen molar-refractivity contribution < 1.29 is 14.3 Å². The number of phenols is 1. The Hall–Kier alpha value is -4.19. The summed E-state index contributed by atoms with van der Waals surface area (Å²) in [5.41, 5.74) is 6.63. The van der Waals surface area contributed by atoms with Gasteiger partial charge < -0.3 is 10.4 Å². The van der Waals surface area contributed by atoms with Crippen LogP contribution in [0.4, 0.5) is 4.39 Å². The number of halogens is 1. The summed E-state index contributed by atoms with van der Waals surface area (Å²) in [6.45, 7) is 2.36. The van der Waals surface area contributed by atoms with Crippen molar-refractivity contribution >= 4 is 12.0 Å². The molecule has 3 atom stereocenters. The highest BCUT2D eigenvalue weighted by molar-refractivity contribution is 5.76. The molecule has 1 heterocycles. The van der Waals surface area contributed by atoms with Crippen molar-refractivity contribution in [2.75, 3.05) is 0 Å². The molecule has 6 heteroatoms. The number of fused-ring (bicyclic) bond motifs is 2. The minimum absolute atomic E-state index is 0.0109. The lowest BCUT2D eigenvalue weighted by Crippen LogP contribution is -2.35. The number of phenolic OH excluding ortho intramolecular Hbond substituents is 1. The van der Waals surface area contributed by atoms with Gasteiger partial charge in [-0.2, -0.15) is 5.10 Å². The van der Waals surface area contributed by atoms with E-state index in [1.54, 1.807) is 30.3 Å². The minimum atomic E-state index is -0.256. The van der Waals surface area contributed by atoms with Gasteiger partial charge >= 0.3 is 0 Å². The Balaban J connectivity index is 1.20. The van der Waals surface area contributed by atoms with E-state index in [4.69, 9.17) is 0 Å². The summed E-state index contributed by atoms with van der Waals surface area (Å²) in [6.07, 6.45) is 9.03. The van der Waals surface area contributed by atoms with Gasteiger partial charge in [0, 0.05) is 6.42 Å². The monoisotopic (exact) mass is 535 g/mol. The number of nitrogens with one attached hydrogen (secondary N) is 1. The van der Waals surface area contributed by atoms with Gasteiger partial charge in [-0.3, -0.25) is 4.79 Å². The molecule has 0 spiro atoms. The van der Waals surface area contributed by atoms with E-state index in [-0.39, 0.29) is 28.9 Å². The first-order valence-corrected chi connectivity index (χ1v) is 14.1. The number of hydrogen-bond acceptors (Lipinski definition) is 3. The van der Waals surface area contributed by atoms with E-state index in [2.05, 4.69) is 35.5 Å². The van der Waals surface area contributed by atoms with Crippen LogP contribution in [0.15, 0.2) is 90.6 Å². The molecule has 0 bridgehead atoms. The molecule has 1 saturated carbocycles. The number of aryl methyl sites for hydroxylation is 1. The molecule has 3 unspecified atom stereocenters. The second kappa shape index (κ2) is 10.8. The topological polar surface area (TPSA) is 67.2 Å². The van der Waals surface area contributed by atoms with Gasteiger partial charge in [-0.25, -0.2) is 9.07 Å². The van der Waals surface area contributed by atoms with Crippen molar-refractivity contribution in [3.8, 4) is 11.4 Å². The van der Waals surface area contributed by atoms with Gasteiger partial charge in [-0.15, -0.1) is 0 Å². The predicted molar refractivity (Wildman–Crippen MR) is 154 cm³/mol. The fraction of sp³-hybridized carbons (Fsp3) is 0.294. The van der Waals surface area contributed by atoms with Crippen LogP contribution in [0.2, 0.25) is 0 Å². The summed E-state index contributed by atoms with van der Waals surface area (Å²) < 4.78 is 15.4. The van der Waals surface area contributed by atoms with E-state index in [9.17, 15) is 14.3 Å². The fourth-order valence-corrected chi connectivity index (χ4v) is 6.58. The first kappa shape index (κ1) is 26.1. The Bertz CT molecular complexity index is 1540. The van der Waals surface area contributed by atoms with Crippen molar-refractivity contribution in [2.45, 2.75) is 51.5 Å². The molecule has 204 valence electrons. The Morgan fingerprint density at radius 3 is 2.70 bits per heavy atom. The zero-order valence-electron chi connectivity index (χ0n) is 22.7. The summed E-state index contributed by atoms with van der Waals surface area (Å²) in [6, 6.07) is 23.7. The van der Waals surface area contributed by atoms with Gasteiger partial charge in [0.1, 0.15) is 11.6 Å². The van der Waals surface area contributed by atoms with Gasteiger partial charge in [0.15, 0.2) is 0 Å². The smallest absolute Gasteiger partial charge is 0.220 e. The van der Waals surface area contributed by atoms with Gasteiger partial charge in [0.05, 0.1) is 23.6 Å². The number of allylic oxidation sites excluding steroid dienone is 1. The Labute approximate surface area is 234 Å². The highest BCUT2D eigenvalue weighted by Crippen LogP contribution is 2.55. The normalized spacial score (nSPS) is 20.4. The number of rotatable bonds is 8. The Morgan fingerprint density at radius 2 is 1.93 bits per heavy atom. The number of carbonyl (C=O) groups excluding carboxylic acids is 1. The molecule has 2 N–H and O–H groups in total. The average Bonchev–Trinajstić information content (AvgIpc) is 3.50. The van der Waals surface area contributed by atoms with Gasteiger partial charge in [0.2, 0.25) is 5.91 Å². The average molecular weight is 536 g/mol. The molecule has 6 rings (SSSR count). The zero-order valence-corrected chi connectivity index (χ0v) is 22.7. The molecule has 40 heavy (non-hydrogen) atoms. The van der Waals surface area contributed by atoms with Crippen LogP contribution in [0.3, 0.4) is 0 Å². The van der Waals surface area contributed by atoms with Crippen LogP contribution in [0.25, 0.3) is 11.8 Å². The van der Waals surface area contributed by atoms with Crippen LogP contribution >= 0.6 is 0 Å². The van der Waals surface area contributed by atoms with Gasteiger partial charge in [0.25, 0.3) is 0 Å². The highest BCUT2D eigenvalue weighted by Gasteiger charge is 2.46. The molecule has 3 aromatic carbocycles. The van der Waals surface area contributed by atoms with E-state index in [1.165, 1.54) is 23.3 Å². The number of aromatic hydroxyl groups is 1.